The second-order valence-electron chi connectivity index (χ2n) is 8.30. The van der Waals surface area contributed by atoms with Crippen LogP contribution in [-0.4, -0.2) is 63.4 Å². The van der Waals surface area contributed by atoms with Crippen LogP contribution in [0.5, 0.6) is 11.5 Å². The smallest absolute Gasteiger partial charge is 0.243 e. The first kappa shape index (κ1) is 22.6. The Morgan fingerprint density at radius 1 is 1.09 bits per heavy atom. The van der Waals surface area contributed by atoms with E-state index in [0.29, 0.717) is 50.6 Å². The van der Waals surface area contributed by atoms with Gasteiger partial charge in [0.2, 0.25) is 15.9 Å². The quantitative estimate of drug-likeness (QED) is 0.681. The summed E-state index contributed by atoms with van der Waals surface area (Å²) >= 11 is 0. The first-order chi connectivity index (χ1) is 15.4. The first-order valence-electron chi connectivity index (χ1n) is 10.8. The topological polar surface area (TPSA) is 88.2 Å². The molecule has 0 spiro atoms. The lowest BCUT2D eigenvalue weighted by atomic mass is 10.1. The number of carbonyl (C=O) groups excluding carboxylic acids is 1. The van der Waals surface area contributed by atoms with Gasteiger partial charge in [-0.25, -0.2) is 8.42 Å². The standard InChI is InChI=1S/C23H29N3O5S/c1-25(2)16-18-7-4-3-6-17(18)15-24-23(27)20-8-5-11-26(20)32(28,29)19-9-10-21-22(14-19)31-13-12-30-21/h3-4,6-7,9-10,14,20H,5,8,11-13,15-16H2,1-2H3,(H,24,27). The van der Waals surface area contributed by atoms with Gasteiger partial charge in [0.15, 0.2) is 11.5 Å². The second-order valence-corrected chi connectivity index (χ2v) is 10.2. The summed E-state index contributed by atoms with van der Waals surface area (Å²) in [6, 6.07) is 11.8. The number of sulfonamides is 1. The molecule has 1 N–H and O–H groups in total. The van der Waals surface area contributed by atoms with E-state index in [1.54, 1.807) is 6.07 Å². The van der Waals surface area contributed by atoms with E-state index >= 15 is 0 Å². The molecule has 1 unspecified atom stereocenters. The lowest BCUT2D eigenvalue weighted by Crippen LogP contribution is -2.45. The maximum atomic E-state index is 13.3. The SMILES string of the molecule is CN(C)Cc1ccccc1CNC(=O)C1CCCN1S(=O)(=O)c1ccc2c(c1)OCCO2. The Hall–Kier alpha value is -2.62. The van der Waals surface area contributed by atoms with Gasteiger partial charge in [0.25, 0.3) is 0 Å². The van der Waals surface area contributed by atoms with E-state index < -0.39 is 16.1 Å². The highest BCUT2D eigenvalue weighted by Gasteiger charge is 2.39. The van der Waals surface area contributed by atoms with Gasteiger partial charge in [0.05, 0.1) is 4.90 Å². The number of amides is 1. The predicted octanol–water partition coefficient (Wildman–Crippen LogP) is 1.99. The van der Waals surface area contributed by atoms with Gasteiger partial charge < -0.3 is 19.7 Å². The van der Waals surface area contributed by atoms with Crippen molar-refractivity contribution in [1.82, 2.24) is 14.5 Å². The van der Waals surface area contributed by atoms with Gasteiger partial charge in [-0.1, -0.05) is 24.3 Å². The third kappa shape index (κ3) is 4.74. The van der Waals surface area contributed by atoms with Crippen LogP contribution in [-0.2, 0) is 27.9 Å². The van der Waals surface area contributed by atoms with Crippen molar-refractivity contribution >= 4 is 15.9 Å². The van der Waals surface area contributed by atoms with E-state index in [1.807, 2.05) is 38.4 Å². The number of nitrogens with zero attached hydrogens (tertiary/aromatic N) is 2. The number of carbonyl (C=O) groups is 1. The summed E-state index contributed by atoms with van der Waals surface area (Å²) in [5, 5.41) is 2.95. The predicted molar refractivity (Wildman–Crippen MR) is 120 cm³/mol. The third-order valence-electron chi connectivity index (χ3n) is 5.68. The number of ether oxygens (including phenoxy) is 2. The highest BCUT2D eigenvalue weighted by atomic mass is 32.2. The van der Waals surface area contributed by atoms with Crippen LogP contribution in [0.15, 0.2) is 47.4 Å². The highest BCUT2D eigenvalue weighted by molar-refractivity contribution is 7.89. The van der Waals surface area contributed by atoms with E-state index in [9.17, 15) is 13.2 Å². The van der Waals surface area contributed by atoms with Crippen molar-refractivity contribution < 1.29 is 22.7 Å². The van der Waals surface area contributed by atoms with Gasteiger partial charge in [-0.3, -0.25) is 4.79 Å². The van der Waals surface area contributed by atoms with Gasteiger partial charge in [0.1, 0.15) is 19.3 Å². The molecule has 2 heterocycles. The van der Waals surface area contributed by atoms with Crippen LogP contribution in [0.2, 0.25) is 0 Å². The lowest BCUT2D eigenvalue weighted by molar-refractivity contribution is -0.124. The third-order valence-corrected chi connectivity index (χ3v) is 7.59. The number of hydrogen-bond acceptors (Lipinski definition) is 6. The monoisotopic (exact) mass is 459 g/mol. The summed E-state index contributed by atoms with van der Waals surface area (Å²) in [5.74, 6) is 0.667. The van der Waals surface area contributed by atoms with Crippen molar-refractivity contribution in [2.45, 2.75) is 36.9 Å². The normalized spacial score (nSPS) is 18.7. The van der Waals surface area contributed by atoms with Crippen LogP contribution < -0.4 is 14.8 Å². The zero-order valence-electron chi connectivity index (χ0n) is 18.4. The molecule has 0 aliphatic carbocycles. The van der Waals surface area contributed by atoms with Gasteiger partial charge in [-0.2, -0.15) is 4.31 Å². The first-order valence-corrected chi connectivity index (χ1v) is 12.2. The molecule has 2 aromatic rings. The summed E-state index contributed by atoms with van der Waals surface area (Å²) < 4.78 is 39.0. The van der Waals surface area contributed by atoms with Crippen molar-refractivity contribution in [1.29, 1.82) is 0 Å². The summed E-state index contributed by atoms with van der Waals surface area (Å²) in [4.78, 5) is 15.2. The lowest BCUT2D eigenvalue weighted by Gasteiger charge is -2.25. The largest absolute Gasteiger partial charge is 0.486 e. The molecule has 9 heteroatoms. The molecule has 2 aromatic carbocycles. The van der Waals surface area contributed by atoms with E-state index in [0.717, 1.165) is 17.7 Å². The van der Waals surface area contributed by atoms with Crippen LogP contribution in [0.1, 0.15) is 24.0 Å². The van der Waals surface area contributed by atoms with Crippen LogP contribution >= 0.6 is 0 Å². The molecule has 0 aromatic heterocycles. The molecule has 1 fully saturated rings. The second kappa shape index (κ2) is 9.48. The Kier molecular flexibility index (Phi) is 6.68. The molecule has 1 atom stereocenters. The van der Waals surface area contributed by atoms with Gasteiger partial charge in [-0.15, -0.1) is 0 Å². The summed E-state index contributed by atoms with van der Waals surface area (Å²) in [6.45, 7) is 2.25. The molecule has 2 aliphatic heterocycles. The van der Waals surface area contributed by atoms with E-state index in [1.165, 1.54) is 16.4 Å². The van der Waals surface area contributed by atoms with Crippen molar-refractivity contribution in [2.75, 3.05) is 33.9 Å². The maximum absolute atomic E-state index is 13.3. The van der Waals surface area contributed by atoms with E-state index in [4.69, 9.17) is 9.47 Å². The Labute approximate surface area is 189 Å². The Balaban J connectivity index is 1.48. The summed E-state index contributed by atoms with van der Waals surface area (Å²) in [7, 11) is 0.146. The molecule has 0 saturated carbocycles. The Morgan fingerprint density at radius 2 is 1.81 bits per heavy atom. The van der Waals surface area contributed by atoms with E-state index in [2.05, 4.69) is 10.2 Å². The zero-order chi connectivity index (χ0) is 22.7. The van der Waals surface area contributed by atoms with Crippen molar-refractivity contribution in [3.63, 3.8) is 0 Å². The fourth-order valence-corrected chi connectivity index (χ4v) is 5.81. The van der Waals surface area contributed by atoms with Crippen molar-refractivity contribution in [2.24, 2.45) is 0 Å². The van der Waals surface area contributed by atoms with Crippen LogP contribution in [0.25, 0.3) is 0 Å². The summed E-state index contributed by atoms with van der Waals surface area (Å²) in [6.07, 6.45) is 1.13. The van der Waals surface area contributed by atoms with Crippen LogP contribution in [0.4, 0.5) is 0 Å². The summed E-state index contributed by atoms with van der Waals surface area (Å²) in [5.41, 5.74) is 2.15. The Morgan fingerprint density at radius 3 is 2.56 bits per heavy atom. The zero-order valence-corrected chi connectivity index (χ0v) is 19.2. The molecular formula is C23H29N3O5S. The molecule has 4 rings (SSSR count). The molecule has 172 valence electrons. The number of benzene rings is 2. The molecule has 8 nitrogen and oxygen atoms in total. The number of fused-ring (bicyclic) bond motifs is 1. The Bertz CT molecular complexity index is 1090. The minimum Gasteiger partial charge on any atom is -0.486 e. The molecule has 0 radical (unpaired) electrons. The van der Waals surface area contributed by atoms with Crippen LogP contribution in [0, 0.1) is 0 Å². The average Bonchev–Trinajstić information content (AvgIpc) is 3.29. The highest BCUT2D eigenvalue weighted by Crippen LogP contribution is 2.34. The molecular weight excluding hydrogens is 430 g/mol. The maximum Gasteiger partial charge on any atom is 0.243 e. The van der Waals surface area contributed by atoms with Gasteiger partial charge >= 0.3 is 0 Å². The minimum atomic E-state index is -3.84. The molecule has 1 amide bonds. The molecule has 32 heavy (non-hydrogen) atoms. The minimum absolute atomic E-state index is 0.109. The fourth-order valence-electron chi connectivity index (χ4n) is 4.13. The molecule has 0 bridgehead atoms. The van der Waals surface area contributed by atoms with Gasteiger partial charge in [0, 0.05) is 25.7 Å². The number of nitrogens with one attached hydrogen (secondary N) is 1. The van der Waals surface area contributed by atoms with Crippen LogP contribution in [0.3, 0.4) is 0 Å². The average molecular weight is 460 g/mol. The van der Waals surface area contributed by atoms with Crippen molar-refractivity contribution in [3.8, 4) is 11.5 Å². The van der Waals surface area contributed by atoms with Gasteiger partial charge in [-0.05, 0) is 50.2 Å². The van der Waals surface area contributed by atoms with E-state index in [-0.39, 0.29) is 10.8 Å². The fraction of sp³-hybridized carbons (Fsp3) is 0.435. The number of rotatable bonds is 7. The molecule has 2 aliphatic rings. The van der Waals surface area contributed by atoms with Crippen molar-refractivity contribution in [3.05, 3.63) is 53.6 Å². The molecule has 1 saturated heterocycles. The number of hydrogen-bond donors (Lipinski definition) is 1.